The lowest BCUT2D eigenvalue weighted by molar-refractivity contribution is 0.102. The smallest absolute Gasteiger partial charge is 0.278 e. The van der Waals surface area contributed by atoms with Crippen LogP contribution >= 0.6 is 12.4 Å². The number of carbonyl (C=O) groups excluding carboxylic acids is 1. The van der Waals surface area contributed by atoms with Crippen molar-refractivity contribution in [2.24, 2.45) is 7.05 Å². The number of aryl methyl sites for hydroxylation is 2. The molecular formula is C20H26ClN7O2. The summed E-state index contributed by atoms with van der Waals surface area (Å²) in [6.07, 6.45) is 2.01. The minimum Gasteiger partial charge on any atom is -0.497 e. The molecule has 1 aliphatic heterocycles. The third-order valence-electron chi connectivity index (χ3n) is 5.15. The first kappa shape index (κ1) is 21.8. The van der Waals surface area contributed by atoms with E-state index in [9.17, 15) is 4.79 Å². The zero-order valence-corrected chi connectivity index (χ0v) is 18.1. The van der Waals surface area contributed by atoms with E-state index in [1.54, 1.807) is 29.6 Å². The van der Waals surface area contributed by atoms with Crippen molar-refractivity contribution in [3.05, 3.63) is 47.5 Å². The summed E-state index contributed by atoms with van der Waals surface area (Å²) in [5.74, 6) is 1.99. The van der Waals surface area contributed by atoms with E-state index in [1.807, 2.05) is 31.2 Å². The number of ether oxygens (including phenoxy) is 1. The number of hydrogen-bond acceptors (Lipinski definition) is 6. The van der Waals surface area contributed by atoms with Crippen LogP contribution in [0.2, 0.25) is 0 Å². The van der Waals surface area contributed by atoms with E-state index in [0.29, 0.717) is 17.6 Å². The molecule has 4 rings (SSSR count). The first-order valence-electron chi connectivity index (χ1n) is 9.69. The molecule has 1 aromatic carbocycles. The highest BCUT2D eigenvalue weighted by Gasteiger charge is 2.22. The minimum absolute atomic E-state index is 0. The molecule has 0 unspecified atom stereocenters. The van der Waals surface area contributed by atoms with Crippen LogP contribution in [-0.4, -0.2) is 50.7 Å². The molecule has 160 valence electrons. The number of benzene rings is 1. The largest absolute Gasteiger partial charge is 0.497 e. The molecule has 0 aliphatic carbocycles. The predicted octanol–water partition coefficient (Wildman–Crippen LogP) is 2.46. The molecule has 2 aromatic heterocycles. The molecule has 0 spiro atoms. The normalized spacial score (nSPS) is 14.2. The standard InChI is InChI=1S/C20H25N7O2.ClH/c1-13-12-17(24-27(13)15-4-6-16(29-3)7-5-15)19(28)23-20-22-18(25-26(20)2)14-8-10-21-11-9-14;/h4-7,12,14,21H,8-11H2,1-3H3,(H,22,23,25,28);1H. The summed E-state index contributed by atoms with van der Waals surface area (Å²) in [4.78, 5) is 17.3. The summed E-state index contributed by atoms with van der Waals surface area (Å²) in [6, 6.07) is 9.27. The Kier molecular flexibility index (Phi) is 6.73. The summed E-state index contributed by atoms with van der Waals surface area (Å²) in [5, 5.41) is 15.1. The number of carbonyl (C=O) groups is 1. The number of nitrogens with zero attached hydrogens (tertiary/aromatic N) is 5. The first-order chi connectivity index (χ1) is 14.0. The lowest BCUT2D eigenvalue weighted by Crippen LogP contribution is -2.27. The van der Waals surface area contributed by atoms with Crippen molar-refractivity contribution in [2.45, 2.75) is 25.7 Å². The van der Waals surface area contributed by atoms with Crippen LogP contribution in [0.5, 0.6) is 5.75 Å². The van der Waals surface area contributed by atoms with Gasteiger partial charge in [0.15, 0.2) is 11.5 Å². The molecule has 9 nitrogen and oxygen atoms in total. The highest BCUT2D eigenvalue weighted by atomic mass is 35.5. The van der Waals surface area contributed by atoms with Crippen molar-refractivity contribution < 1.29 is 9.53 Å². The van der Waals surface area contributed by atoms with Gasteiger partial charge in [0.2, 0.25) is 5.95 Å². The molecule has 0 atom stereocenters. The summed E-state index contributed by atoms with van der Waals surface area (Å²) < 4.78 is 8.53. The molecule has 3 aromatic rings. The van der Waals surface area contributed by atoms with E-state index < -0.39 is 0 Å². The van der Waals surface area contributed by atoms with Gasteiger partial charge in [-0.3, -0.25) is 10.1 Å². The second kappa shape index (κ2) is 9.27. The fourth-order valence-electron chi connectivity index (χ4n) is 3.50. The fraction of sp³-hybridized carbons (Fsp3) is 0.400. The number of nitrogens with one attached hydrogen (secondary N) is 2. The first-order valence-corrected chi connectivity index (χ1v) is 9.69. The summed E-state index contributed by atoms with van der Waals surface area (Å²) in [5.41, 5.74) is 2.03. The zero-order valence-electron chi connectivity index (χ0n) is 17.3. The van der Waals surface area contributed by atoms with Crippen LogP contribution in [0.4, 0.5) is 5.95 Å². The molecule has 1 fully saturated rings. The van der Waals surface area contributed by atoms with Gasteiger partial charge in [0, 0.05) is 18.7 Å². The highest BCUT2D eigenvalue weighted by molar-refractivity contribution is 6.02. The quantitative estimate of drug-likeness (QED) is 0.643. The van der Waals surface area contributed by atoms with Crippen LogP contribution in [0.25, 0.3) is 5.69 Å². The van der Waals surface area contributed by atoms with Crippen molar-refractivity contribution in [3.63, 3.8) is 0 Å². The van der Waals surface area contributed by atoms with Gasteiger partial charge in [-0.25, -0.2) is 9.36 Å². The molecule has 2 N–H and O–H groups in total. The number of methoxy groups -OCH3 is 1. The van der Waals surface area contributed by atoms with Crippen molar-refractivity contribution in [1.29, 1.82) is 0 Å². The van der Waals surface area contributed by atoms with Gasteiger partial charge in [-0.2, -0.15) is 15.2 Å². The average molecular weight is 432 g/mol. The van der Waals surface area contributed by atoms with Crippen LogP contribution in [0.3, 0.4) is 0 Å². The van der Waals surface area contributed by atoms with Gasteiger partial charge in [0.1, 0.15) is 5.75 Å². The topological polar surface area (TPSA) is 98.9 Å². The number of anilines is 1. The van der Waals surface area contributed by atoms with E-state index in [0.717, 1.165) is 48.9 Å². The Balaban J connectivity index is 0.00000256. The molecule has 3 heterocycles. The maximum absolute atomic E-state index is 12.8. The van der Waals surface area contributed by atoms with E-state index >= 15 is 0 Å². The summed E-state index contributed by atoms with van der Waals surface area (Å²) >= 11 is 0. The molecule has 1 aliphatic rings. The Morgan fingerprint density at radius 3 is 2.57 bits per heavy atom. The Morgan fingerprint density at radius 1 is 1.20 bits per heavy atom. The van der Waals surface area contributed by atoms with Crippen molar-refractivity contribution in [1.82, 2.24) is 29.9 Å². The van der Waals surface area contributed by atoms with Gasteiger partial charge in [-0.15, -0.1) is 12.4 Å². The maximum Gasteiger partial charge on any atom is 0.278 e. The Hall–Kier alpha value is -2.91. The van der Waals surface area contributed by atoms with Crippen LogP contribution in [0, 0.1) is 6.92 Å². The molecule has 0 bridgehead atoms. The zero-order chi connectivity index (χ0) is 20.4. The van der Waals surface area contributed by atoms with E-state index in [4.69, 9.17) is 4.74 Å². The Labute approximate surface area is 181 Å². The Morgan fingerprint density at radius 2 is 1.90 bits per heavy atom. The van der Waals surface area contributed by atoms with E-state index in [1.165, 1.54) is 0 Å². The lowest BCUT2D eigenvalue weighted by Gasteiger charge is -2.19. The van der Waals surface area contributed by atoms with Crippen molar-refractivity contribution in [3.8, 4) is 11.4 Å². The molecule has 10 heteroatoms. The van der Waals surface area contributed by atoms with Crippen LogP contribution in [0.1, 0.15) is 40.8 Å². The van der Waals surface area contributed by atoms with E-state index in [2.05, 4.69) is 25.8 Å². The van der Waals surface area contributed by atoms with Crippen LogP contribution in [-0.2, 0) is 7.05 Å². The number of piperidine rings is 1. The molecule has 0 saturated carbocycles. The number of aromatic nitrogens is 5. The van der Waals surface area contributed by atoms with Crippen LogP contribution in [0.15, 0.2) is 30.3 Å². The Bertz CT molecular complexity index is 1010. The van der Waals surface area contributed by atoms with Crippen molar-refractivity contribution in [2.75, 3.05) is 25.5 Å². The van der Waals surface area contributed by atoms with Gasteiger partial charge in [-0.1, -0.05) is 0 Å². The third kappa shape index (κ3) is 4.47. The third-order valence-corrected chi connectivity index (χ3v) is 5.15. The monoisotopic (exact) mass is 431 g/mol. The highest BCUT2D eigenvalue weighted by Crippen LogP contribution is 2.23. The molecule has 1 amide bonds. The lowest BCUT2D eigenvalue weighted by atomic mass is 9.98. The fourth-order valence-corrected chi connectivity index (χ4v) is 3.50. The number of rotatable bonds is 5. The predicted molar refractivity (Wildman–Crippen MR) is 116 cm³/mol. The summed E-state index contributed by atoms with van der Waals surface area (Å²) in [7, 11) is 3.41. The van der Waals surface area contributed by atoms with Gasteiger partial charge in [-0.05, 0) is 63.2 Å². The molecule has 1 saturated heterocycles. The maximum atomic E-state index is 12.8. The summed E-state index contributed by atoms with van der Waals surface area (Å²) in [6.45, 7) is 3.84. The molecule has 0 radical (unpaired) electrons. The van der Waals surface area contributed by atoms with Crippen LogP contribution < -0.4 is 15.4 Å². The number of amides is 1. The van der Waals surface area contributed by atoms with Gasteiger partial charge in [0.05, 0.1) is 12.8 Å². The van der Waals surface area contributed by atoms with Crippen molar-refractivity contribution >= 4 is 24.3 Å². The number of halogens is 1. The minimum atomic E-state index is -0.312. The van der Waals surface area contributed by atoms with E-state index in [-0.39, 0.29) is 18.3 Å². The number of hydrogen-bond donors (Lipinski definition) is 2. The second-order valence-electron chi connectivity index (χ2n) is 7.18. The average Bonchev–Trinajstić information content (AvgIpc) is 3.31. The van der Waals surface area contributed by atoms with Gasteiger partial charge < -0.3 is 10.1 Å². The molecular weight excluding hydrogens is 406 g/mol. The SMILES string of the molecule is COc1ccc(-n2nc(C(=O)Nc3nc(C4CCNCC4)nn3C)cc2C)cc1.Cl. The van der Waals surface area contributed by atoms with Gasteiger partial charge >= 0.3 is 0 Å². The van der Waals surface area contributed by atoms with Gasteiger partial charge in [0.25, 0.3) is 5.91 Å². The second-order valence-corrected chi connectivity index (χ2v) is 7.18. The molecule has 30 heavy (non-hydrogen) atoms.